The first-order chi connectivity index (χ1) is 8.25. The molecule has 0 saturated carbocycles. The van der Waals surface area contributed by atoms with Crippen molar-refractivity contribution in [1.82, 2.24) is 0 Å². The summed E-state index contributed by atoms with van der Waals surface area (Å²) in [5, 5.41) is 8.68. The lowest BCUT2D eigenvalue weighted by molar-refractivity contribution is -0.261. The van der Waals surface area contributed by atoms with Crippen LogP contribution in [0.5, 0.6) is 0 Å². The van der Waals surface area contributed by atoms with Crippen molar-refractivity contribution in [3.05, 3.63) is 0 Å². The molecule has 9 heteroatoms. The van der Waals surface area contributed by atoms with Gasteiger partial charge in [-0.15, -0.1) is 0 Å². The molecule has 0 aromatic rings. The number of carbonyl (C=O) groups is 4. The molecule has 0 aliphatic heterocycles. The van der Waals surface area contributed by atoms with Crippen molar-refractivity contribution in [3.8, 4) is 0 Å². The quantitative estimate of drug-likeness (QED) is 0.245. The molecule has 0 amide bonds. The summed E-state index contributed by atoms with van der Waals surface area (Å²) in [4.78, 5) is 51.0. The molecular formula is C9H13NO8. The summed E-state index contributed by atoms with van der Waals surface area (Å²) in [6, 6.07) is -0.943. The Morgan fingerprint density at radius 3 is 2.11 bits per heavy atom. The molecule has 0 saturated heterocycles. The highest BCUT2D eigenvalue weighted by atomic mass is 17.2. The monoisotopic (exact) mass is 263 g/mol. The molecule has 0 fully saturated rings. The predicted octanol–water partition coefficient (Wildman–Crippen LogP) is -2.17. The van der Waals surface area contributed by atoms with E-state index in [0.717, 1.165) is 6.92 Å². The van der Waals surface area contributed by atoms with Gasteiger partial charge >= 0.3 is 17.9 Å². The van der Waals surface area contributed by atoms with Crippen LogP contribution in [-0.4, -0.2) is 47.6 Å². The van der Waals surface area contributed by atoms with Gasteiger partial charge in [-0.25, -0.2) is 19.4 Å². The summed E-state index contributed by atoms with van der Waals surface area (Å²) in [6.07, 6.45) is -1.51. The van der Waals surface area contributed by atoms with Gasteiger partial charge in [-0.2, -0.15) is 0 Å². The maximum Gasteiger partial charge on any atom is 0.425 e. The lowest BCUT2D eigenvalue weighted by atomic mass is 10.4. The number of aliphatic hydroxyl groups excluding tert-OH is 1. The summed E-state index contributed by atoms with van der Waals surface area (Å²) in [5.41, 5.74) is 5.13. The highest BCUT2D eigenvalue weighted by molar-refractivity contribution is 6.34. The summed E-state index contributed by atoms with van der Waals surface area (Å²) >= 11 is 0. The van der Waals surface area contributed by atoms with Crippen LogP contribution < -0.4 is 5.73 Å². The number of hydrogen-bond donors (Lipinski definition) is 2. The standard InChI is InChI=1S/C9H13NO8/c1-4(10)7(13)16-3-6(12)9(15)18-17-8(14)5(2)11/h4-5,11H,3,10H2,1-2H3. The molecule has 3 N–H and O–H groups in total. The fourth-order valence-electron chi connectivity index (χ4n) is 0.522. The first-order valence-electron chi connectivity index (χ1n) is 4.81. The number of ether oxygens (including phenoxy) is 1. The van der Waals surface area contributed by atoms with E-state index in [4.69, 9.17) is 10.8 Å². The van der Waals surface area contributed by atoms with Gasteiger partial charge in [0.2, 0.25) is 0 Å². The van der Waals surface area contributed by atoms with Crippen molar-refractivity contribution >= 4 is 23.7 Å². The smallest absolute Gasteiger partial charge is 0.425 e. The van der Waals surface area contributed by atoms with E-state index in [0.29, 0.717) is 0 Å². The molecule has 0 aliphatic carbocycles. The zero-order valence-corrected chi connectivity index (χ0v) is 9.74. The molecule has 18 heavy (non-hydrogen) atoms. The Bertz CT molecular complexity index is 314. The van der Waals surface area contributed by atoms with Crippen LogP contribution in [0.4, 0.5) is 0 Å². The molecule has 0 aliphatic rings. The van der Waals surface area contributed by atoms with Crippen molar-refractivity contribution in [2.24, 2.45) is 5.73 Å². The van der Waals surface area contributed by atoms with Gasteiger partial charge in [0.1, 0.15) is 6.04 Å². The van der Waals surface area contributed by atoms with Crippen LogP contribution in [-0.2, 0) is 33.7 Å². The topological polar surface area (TPSA) is 142 Å². The Balaban J connectivity index is 4.02. The molecule has 0 radical (unpaired) electrons. The van der Waals surface area contributed by atoms with Crippen LogP contribution in [0.2, 0.25) is 0 Å². The van der Waals surface area contributed by atoms with Gasteiger partial charge in [0.25, 0.3) is 5.78 Å². The third-order valence-corrected chi connectivity index (χ3v) is 1.49. The number of esters is 1. The Morgan fingerprint density at radius 1 is 1.11 bits per heavy atom. The second-order valence-corrected chi connectivity index (χ2v) is 3.27. The minimum atomic E-state index is -1.54. The predicted molar refractivity (Wildman–Crippen MR) is 53.5 cm³/mol. The van der Waals surface area contributed by atoms with Crippen LogP contribution in [0, 0.1) is 0 Å². The minimum absolute atomic E-state index is 0.878. The second kappa shape index (κ2) is 7.35. The fourth-order valence-corrected chi connectivity index (χ4v) is 0.522. The third-order valence-electron chi connectivity index (χ3n) is 1.49. The van der Waals surface area contributed by atoms with E-state index in [1.807, 2.05) is 0 Å². The zero-order chi connectivity index (χ0) is 14.3. The molecule has 0 bridgehead atoms. The molecule has 0 rings (SSSR count). The summed E-state index contributed by atoms with van der Waals surface area (Å²) in [7, 11) is 0. The second-order valence-electron chi connectivity index (χ2n) is 3.27. The van der Waals surface area contributed by atoms with Gasteiger partial charge in [-0.05, 0) is 13.8 Å². The number of rotatable bonds is 5. The average Bonchev–Trinajstić information content (AvgIpc) is 2.31. The summed E-state index contributed by atoms with van der Waals surface area (Å²) < 4.78 is 4.34. The molecule has 0 heterocycles. The Morgan fingerprint density at radius 2 is 1.67 bits per heavy atom. The molecule has 2 unspecified atom stereocenters. The van der Waals surface area contributed by atoms with Gasteiger partial charge in [0.15, 0.2) is 12.7 Å². The van der Waals surface area contributed by atoms with Crippen molar-refractivity contribution in [2.75, 3.05) is 6.61 Å². The molecule has 0 spiro atoms. The normalized spacial score (nSPS) is 13.1. The van der Waals surface area contributed by atoms with E-state index >= 15 is 0 Å². The Hall–Kier alpha value is -2.00. The molecular weight excluding hydrogens is 250 g/mol. The number of ketones is 1. The zero-order valence-electron chi connectivity index (χ0n) is 9.74. The highest BCUT2D eigenvalue weighted by Crippen LogP contribution is 1.92. The summed E-state index contributed by atoms with van der Waals surface area (Å²) in [6.45, 7) is 1.52. The van der Waals surface area contributed by atoms with Gasteiger partial charge in [-0.3, -0.25) is 9.59 Å². The third kappa shape index (κ3) is 5.92. The van der Waals surface area contributed by atoms with E-state index in [1.54, 1.807) is 0 Å². The van der Waals surface area contributed by atoms with E-state index in [2.05, 4.69) is 14.5 Å². The van der Waals surface area contributed by atoms with Crippen molar-refractivity contribution < 1.29 is 38.8 Å². The molecule has 102 valence electrons. The molecule has 2 atom stereocenters. The van der Waals surface area contributed by atoms with Crippen LogP contribution in [0.3, 0.4) is 0 Å². The number of Topliss-reactive ketones (excluding diaryl/α,β-unsaturated/α-hetero) is 1. The van der Waals surface area contributed by atoms with Crippen molar-refractivity contribution in [1.29, 1.82) is 0 Å². The lowest BCUT2D eigenvalue weighted by Gasteiger charge is -2.06. The lowest BCUT2D eigenvalue weighted by Crippen LogP contribution is -2.32. The fraction of sp³-hybridized carbons (Fsp3) is 0.556. The van der Waals surface area contributed by atoms with Crippen LogP contribution in [0.1, 0.15) is 13.8 Å². The molecule has 9 nitrogen and oxygen atoms in total. The van der Waals surface area contributed by atoms with Crippen molar-refractivity contribution in [3.63, 3.8) is 0 Å². The largest absolute Gasteiger partial charge is 0.456 e. The van der Waals surface area contributed by atoms with Crippen LogP contribution in [0.25, 0.3) is 0 Å². The number of carbonyl (C=O) groups excluding carboxylic acids is 4. The average molecular weight is 263 g/mol. The SMILES string of the molecule is CC(N)C(=O)OCC(=O)C(=O)OOC(=O)C(C)O. The van der Waals surface area contributed by atoms with E-state index in [-0.39, 0.29) is 0 Å². The molecule has 0 aromatic heterocycles. The van der Waals surface area contributed by atoms with Gasteiger partial charge in [0, 0.05) is 0 Å². The number of hydrogen-bond acceptors (Lipinski definition) is 9. The maximum absolute atomic E-state index is 11.0. The Kier molecular flexibility index (Phi) is 6.53. The summed E-state index contributed by atoms with van der Waals surface area (Å²) in [5.74, 6) is -4.91. The number of nitrogens with two attached hydrogens (primary N) is 1. The Labute approximate surface area is 102 Å². The van der Waals surface area contributed by atoms with E-state index < -0.39 is 42.4 Å². The minimum Gasteiger partial charge on any atom is -0.456 e. The van der Waals surface area contributed by atoms with Gasteiger partial charge in [-0.1, -0.05) is 0 Å². The van der Waals surface area contributed by atoms with Crippen LogP contribution >= 0.6 is 0 Å². The number of aliphatic hydroxyl groups is 1. The van der Waals surface area contributed by atoms with E-state index in [9.17, 15) is 19.2 Å². The first kappa shape index (κ1) is 16.0. The van der Waals surface area contributed by atoms with E-state index in [1.165, 1.54) is 6.92 Å². The van der Waals surface area contributed by atoms with Gasteiger partial charge < -0.3 is 15.6 Å². The maximum atomic E-state index is 11.0. The first-order valence-corrected chi connectivity index (χ1v) is 4.81. The van der Waals surface area contributed by atoms with Crippen LogP contribution in [0.15, 0.2) is 0 Å². The van der Waals surface area contributed by atoms with Crippen molar-refractivity contribution in [2.45, 2.75) is 26.0 Å². The van der Waals surface area contributed by atoms with Gasteiger partial charge in [0.05, 0.1) is 0 Å². The molecule has 0 aromatic carbocycles. The highest BCUT2D eigenvalue weighted by Gasteiger charge is 2.22.